The Balaban J connectivity index is 1.78. The molecule has 2 amide bonds. The van der Waals surface area contributed by atoms with Crippen molar-refractivity contribution in [3.05, 3.63) is 102 Å². The smallest absolute Gasteiger partial charge is 0.311 e. The van der Waals surface area contributed by atoms with E-state index in [9.17, 15) is 4.79 Å². The number of aromatic nitrogens is 1. The zero-order chi connectivity index (χ0) is 25.5. The fraction of sp³-hybridized carbons (Fsp3) is 0.375. The molecule has 0 radical (unpaired) electrons. The average molecular weight is 482 g/mol. The number of rotatable bonds is 8. The molecule has 4 rings (SSSR count). The van der Waals surface area contributed by atoms with Gasteiger partial charge in [0.25, 0.3) is 0 Å². The molecule has 1 aliphatic carbocycles. The standard InChI is InChI=1S/C32H39N3O/c1-23(2)27-18-13-19-28(24(3)4)30(27)34-32(36)35(22-25-14-7-5-8-15-25)31(26-16-9-6-10-17-26)29-20-11-12-21-33-29/h5,7-8,11-15,18-21,24,26,31H,1,6,9-10,16-17,22H2,2-4H3,(H,34,36). The normalized spacial score (nSPS) is 14.9. The zero-order valence-corrected chi connectivity index (χ0v) is 21.9. The number of para-hydroxylation sites is 1. The average Bonchev–Trinajstić information content (AvgIpc) is 2.90. The largest absolute Gasteiger partial charge is 0.322 e. The maximum atomic E-state index is 14.3. The molecule has 0 bridgehead atoms. The highest BCUT2D eigenvalue weighted by molar-refractivity contribution is 5.94. The molecule has 1 heterocycles. The Kier molecular flexibility index (Phi) is 8.58. The van der Waals surface area contributed by atoms with Crippen molar-refractivity contribution in [1.29, 1.82) is 0 Å². The van der Waals surface area contributed by atoms with Crippen LogP contribution in [-0.4, -0.2) is 15.9 Å². The molecule has 1 saturated carbocycles. The minimum atomic E-state index is -0.0915. The van der Waals surface area contributed by atoms with E-state index in [1.165, 1.54) is 19.3 Å². The summed E-state index contributed by atoms with van der Waals surface area (Å²) in [6.45, 7) is 11.0. The predicted octanol–water partition coefficient (Wildman–Crippen LogP) is 8.59. The van der Waals surface area contributed by atoms with E-state index in [2.05, 4.69) is 56.1 Å². The number of allylic oxidation sites excluding steroid dienone is 1. The number of urea groups is 1. The van der Waals surface area contributed by atoms with Gasteiger partial charge >= 0.3 is 6.03 Å². The third kappa shape index (κ3) is 6.04. The highest BCUT2D eigenvalue weighted by atomic mass is 16.2. The van der Waals surface area contributed by atoms with Crippen molar-refractivity contribution in [3.8, 4) is 0 Å². The molecule has 188 valence electrons. The van der Waals surface area contributed by atoms with Gasteiger partial charge in [-0.05, 0) is 60.4 Å². The molecule has 0 spiro atoms. The van der Waals surface area contributed by atoms with Crippen molar-refractivity contribution in [2.24, 2.45) is 5.92 Å². The van der Waals surface area contributed by atoms with E-state index in [1.807, 2.05) is 54.4 Å². The van der Waals surface area contributed by atoms with Gasteiger partial charge in [-0.25, -0.2) is 4.79 Å². The molecule has 1 aliphatic rings. The summed E-state index contributed by atoms with van der Waals surface area (Å²) in [5.74, 6) is 0.649. The minimum Gasteiger partial charge on any atom is -0.311 e. The number of anilines is 1. The van der Waals surface area contributed by atoms with Crippen LogP contribution in [0.3, 0.4) is 0 Å². The molecule has 3 aromatic rings. The van der Waals surface area contributed by atoms with Crippen LogP contribution in [0.5, 0.6) is 0 Å². The number of amides is 2. The first kappa shape index (κ1) is 25.7. The summed E-state index contributed by atoms with van der Waals surface area (Å²) in [6, 6.07) is 22.4. The Morgan fingerprint density at radius 3 is 2.36 bits per heavy atom. The van der Waals surface area contributed by atoms with E-state index in [0.717, 1.165) is 46.5 Å². The fourth-order valence-electron chi connectivity index (χ4n) is 5.46. The second-order valence-corrected chi connectivity index (χ2v) is 10.3. The highest BCUT2D eigenvalue weighted by Gasteiger charge is 2.34. The van der Waals surface area contributed by atoms with E-state index >= 15 is 0 Å². The first-order valence-electron chi connectivity index (χ1n) is 13.3. The van der Waals surface area contributed by atoms with Gasteiger partial charge in [0, 0.05) is 18.3 Å². The van der Waals surface area contributed by atoms with Gasteiger partial charge in [-0.2, -0.15) is 0 Å². The second kappa shape index (κ2) is 12.0. The van der Waals surface area contributed by atoms with E-state index in [4.69, 9.17) is 4.98 Å². The molecular formula is C32H39N3O. The van der Waals surface area contributed by atoms with Gasteiger partial charge in [0.1, 0.15) is 0 Å². The Morgan fingerprint density at radius 2 is 1.72 bits per heavy atom. The lowest BCUT2D eigenvalue weighted by Crippen LogP contribution is -2.42. The lowest BCUT2D eigenvalue weighted by atomic mass is 9.81. The molecule has 1 unspecified atom stereocenters. The lowest BCUT2D eigenvalue weighted by Gasteiger charge is -2.39. The molecule has 4 heteroatoms. The summed E-state index contributed by atoms with van der Waals surface area (Å²) in [6.07, 6.45) is 7.73. The van der Waals surface area contributed by atoms with Crippen LogP contribution in [0.1, 0.15) is 87.2 Å². The number of pyridine rings is 1. The monoisotopic (exact) mass is 481 g/mol. The van der Waals surface area contributed by atoms with E-state index in [0.29, 0.717) is 12.5 Å². The molecule has 0 saturated heterocycles. The SMILES string of the molecule is C=C(C)c1cccc(C(C)C)c1NC(=O)N(Cc1ccccc1)C(c1ccccn1)C1CCCCC1. The van der Waals surface area contributed by atoms with Gasteiger partial charge in [-0.1, -0.05) is 94.3 Å². The summed E-state index contributed by atoms with van der Waals surface area (Å²) in [4.78, 5) is 21.1. The van der Waals surface area contributed by atoms with Crippen LogP contribution in [0.2, 0.25) is 0 Å². The fourth-order valence-corrected chi connectivity index (χ4v) is 5.46. The number of hydrogen-bond acceptors (Lipinski definition) is 2. The number of hydrogen-bond donors (Lipinski definition) is 1. The van der Waals surface area contributed by atoms with E-state index < -0.39 is 0 Å². The van der Waals surface area contributed by atoms with Gasteiger partial charge in [-0.3, -0.25) is 4.98 Å². The maximum Gasteiger partial charge on any atom is 0.322 e. The number of nitrogens with zero attached hydrogens (tertiary/aromatic N) is 2. The Hall–Kier alpha value is -3.40. The van der Waals surface area contributed by atoms with Gasteiger partial charge < -0.3 is 10.2 Å². The summed E-state index contributed by atoms with van der Waals surface area (Å²) in [5.41, 5.74) is 5.99. The number of carbonyl (C=O) groups excluding carboxylic acids is 1. The Morgan fingerprint density at radius 1 is 1.00 bits per heavy atom. The molecule has 1 aromatic heterocycles. The van der Waals surface area contributed by atoms with Crippen molar-refractivity contribution in [2.45, 2.75) is 71.4 Å². The molecule has 1 N–H and O–H groups in total. The third-order valence-corrected chi connectivity index (χ3v) is 7.29. The summed E-state index contributed by atoms with van der Waals surface area (Å²) >= 11 is 0. The van der Waals surface area contributed by atoms with Crippen molar-refractivity contribution < 1.29 is 4.79 Å². The summed E-state index contributed by atoms with van der Waals surface area (Å²) in [7, 11) is 0. The first-order chi connectivity index (χ1) is 17.5. The van der Waals surface area contributed by atoms with Crippen molar-refractivity contribution in [1.82, 2.24) is 9.88 Å². The molecule has 36 heavy (non-hydrogen) atoms. The topological polar surface area (TPSA) is 45.2 Å². The van der Waals surface area contributed by atoms with Crippen LogP contribution < -0.4 is 5.32 Å². The predicted molar refractivity (Wildman–Crippen MR) is 150 cm³/mol. The van der Waals surface area contributed by atoms with Crippen LogP contribution in [0, 0.1) is 5.92 Å². The van der Waals surface area contributed by atoms with Crippen LogP contribution in [0.25, 0.3) is 5.57 Å². The number of benzene rings is 2. The number of nitrogens with one attached hydrogen (secondary N) is 1. The Bertz CT molecular complexity index is 1150. The van der Waals surface area contributed by atoms with Gasteiger partial charge in [0.05, 0.1) is 17.4 Å². The second-order valence-electron chi connectivity index (χ2n) is 10.3. The molecule has 2 aromatic carbocycles. The van der Waals surface area contributed by atoms with Gasteiger partial charge in [-0.15, -0.1) is 0 Å². The van der Waals surface area contributed by atoms with Crippen LogP contribution in [-0.2, 0) is 6.54 Å². The summed E-state index contributed by atoms with van der Waals surface area (Å²) < 4.78 is 0. The zero-order valence-electron chi connectivity index (χ0n) is 21.9. The molecule has 4 nitrogen and oxygen atoms in total. The van der Waals surface area contributed by atoms with Crippen molar-refractivity contribution in [3.63, 3.8) is 0 Å². The van der Waals surface area contributed by atoms with Gasteiger partial charge in [0.2, 0.25) is 0 Å². The molecule has 1 atom stereocenters. The molecule has 0 aliphatic heterocycles. The maximum absolute atomic E-state index is 14.3. The van der Waals surface area contributed by atoms with Crippen LogP contribution in [0.15, 0.2) is 79.5 Å². The first-order valence-corrected chi connectivity index (χ1v) is 13.3. The Labute approximate surface area is 216 Å². The molecule has 1 fully saturated rings. The number of carbonyl (C=O) groups is 1. The van der Waals surface area contributed by atoms with Crippen molar-refractivity contribution >= 4 is 17.3 Å². The van der Waals surface area contributed by atoms with Gasteiger partial charge in [0.15, 0.2) is 0 Å². The quantitative estimate of drug-likeness (QED) is 0.350. The van der Waals surface area contributed by atoms with E-state index in [-0.39, 0.29) is 18.0 Å². The minimum absolute atomic E-state index is 0.0873. The summed E-state index contributed by atoms with van der Waals surface area (Å²) in [5, 5.41) is 3.35. The third-order valence-electron chi connectivity index (χ3n) is 7.29. The van der Waals surface area contributed by atoms with Crippen LogP contribution >= 0.6 is 0 Å². The lowest BCUT2D eigenvalue weighted by molar-refractivity contribution is 0.131. The van der Waals surface area contributed by atoms with Crippen molar-refractivity contribution in [2.75, 3.05) is 5.32 Å². The van der Waals surface area contributed by atoms with Crippen LogP contribution in [0.4, 0.5) is 10.5 Å². The van der Waals surface area contributed by atoms with E-state index in [1.54, 1.807) is 0 Å². The highest BCUT2D eigenvalue weighted by Crippen LogP contribution is 2.39. The molecular weight excluding hydrogens is 442 g/mol.